The minimum absolute atomic E-state index is 0.0103. The van der Waals surface area contributed by atoms with Gasteiger partial charge in [0.1, 0.15) is 0 Å². The van der Waals surface area contributed by atoms with E-state index >= 15 is 0 Å². The van der Waals surface area contributed by atoms with Crippen molar-refractivity contribution < 1.29 is 9.59 Å². The highest BCUT2D eigenvalue weighted by molar-refractivity contribution is 7.12. The fourth-order valence-electron chi connectivity index (χ4n) is 2.86. The first kappa shape index (κ1) is 17.2. The standard InChI is InChI=1S/C20H20N2O2S/c1-13-11-17(14(2)25-13)20(24)22(3)12-19(23)21-18-10-6-8-15-7-4-5-9-16(15)18/h4-11H,12H2,1-3H3,(H,21,23). The molecule has 3 rings (SSSR count). The second kappa shape index (κ2) is 7.07. The van der Waals surface area contributed by atoms with Gasteiger partial charge in [0.25, 0.3) is 5.91 Å². The first-order chi connectivity index (χ1) is 12.0. The summed E-state index contributed by atoms with van der Waals surface area (Å²) in [5.74, 6) is -0.341. The fraction of sp³-hybridized carbons (Fsp3) is 0.200. The van der Waals surface area contributed by atoms with E-state index in [0.717, 1.165) is 26.2 Å². The van der Waals surface area contributed by atoms with Crippen molar-refractivity contribution in [3.05, 3.63) is 63.8 Å². The quantitative estimate of drug-likeness (QED) is 0.764. The van der Waals surface area contributed by atoms with Gasteiger partial charge in [-0.25, -0.2) is 0 Å². The summed E-state index contributed by atoms with van der Waals surface area (Å²) in [6, 6.07) is 15.5. The monoisotopic (exact) mass is 352 g/mol. The highest BCUT2D eigenvalue weighted by atomic mass is 32.1. The molecule has 0 aliphatic rings. The van der Waals surface area contributed by atoms with Gasteiger partial charge in [0.2, 0.25) is 5.91 Å². The van der Waals surface area contributed by atoms with Gasteiger partial charge in [-0.2, -0.15) is 0 Å². The smallest absolute Gasteiger partial charge is 0.255 e. The minimum Gasteiger partial charge on any atom is -0.332 e. The lowest BCUT2D eigenvalue weighted by atomic mass is 10.1. The average molecular weight is 352 g/mol. The number of fused-ring (bicyclic) bond motifs is 1. The van der Waals surface area contributed by atoms with Gasteiger partial charge in [-0.05, 0) is 31.4 Å². The molecule has 128 valence electrons. The van der Waals surface area contributed by atoms with E-state index in [1.54, 1.807) is 18.4 Å². The maximum absolute atomic E-state index is 12.5. The fourth-order valence-corrected chi connectivity index (χ4v) is 3.78. The summed E-state index contributed by atoms with van der Waals surface area (Å²) in [6.07, 6.45) is 0. The van der Waals surface area contributed by atoms with E-state index in [9.17, 15) is 9.59 Å². The number of hydrogen-bond donors (Lipinski definition) is 1. The number of amides is 2. The van der Waals surface area contributed by atoms with Crippen molar-refractivity contribution in [1.29, 1.82) is 0 Å². The zero-order valence-corrected chi connectivity index (χ0v) is 15.3. The largest absolute Gasteiger partial charge is 0.332 e. The first-order valence-corrected chi connectivity index (χ1v) is 8.87. The molecule has 0 saturated heterocycles. The van der Waals surface area contributed by atoms with Crippen LogP contribution in [0.1, 0.15) is 20.1 Å². The molecule has 3 aromatic rings. The maximum Gasteiger partial charge on any atom is 0.255 e. The molecule has 0 fully saturated rings. The molecule has 2 aromatic carbocycles. The SMILES string of the molecule is Cc1cc(C(=O)N(C)CC(=O)Nc2cccc3ccccc23)c(C)s1. The van der Waals surface area contributed by atoms with Gasteiger partial charge in [0.05, 0.1) is 12.1 Å². The molecule has 0 atom stereocenters. The molecule has 0 unspecified atom stereocenters. The Morgan fingerprint density at radius 1 is 1.08 bits per heavy atom. The van der Waals surface area contributed by atoms with Gasteiger partial charge in [-0.15, -0.1) is 11.3 Å². The van der Waals surface area contributed by atoms with E-state index in [0.29, 0.717) is 5.56 Å². The van der Waals surface area contributed by atoms with Crippen LogP contribution in [0.25, 0.3) is 10.8 Å². The molecule has 2 amide bonds. The van der Waals surface area contributed by atoms with Crippen LogP contribution in [-0.2, 0) is 4.79 Å². The lowest BCUT2D eigenvalue weighted by Gasteiger charge is -2.17. The predicted molar refractivity (Wildman–Crippen MR) is 103 cm³/mol. The number of thiophene rings is 1. The van der Waals surface area contributed by atoms with Crippen molar-refractivity contribution in [2.24, 2.45) is 0 Å². The number of carbonyl (C=O) groups excluding carboxylic acids is 2. The molecule has 5 heteroatoms. The number of aryl methyl sites for hydroxylation is 2. The van der Waals surface area contributed by atoms with Crippen LogP contribution < -0.4 is 5.32 Å². The van der Waals surface area contributed by atoms with Crippen molar-refractivity contribution in [3.63, 3.8) is 0 Å². The van der Waals surface area contributed by atoms with Gasteiger partial charge in [0.15, 0.2) is 0 Å². The van der Waals surface area contributed by atoms with Crippen LogP contribution in [-0.4, -0.2) is 30.3 Å². The van der Waals surface area contributed by atoms with Crippen molar-refractivity contribution in [2.45, 2.75) is 13.8 Å². The van der Waals surface area contributed by atoms with Crippen LogP contribution in [0.15, 0.2) is 48.5 Å². The average Bonchev–Trinajstić information content (AvgIpc) is 2.92. The molecule has 0 saturated carbocycles. The number of benzene rings is 2. The summed E-state index contributed by atoms with van der Waals surface area (Å²) in [4.78, 5) is 28.4. The molecule has 0 aliphatic carbocycles. The van der Waals surface area contributed by atoms with Crippen LogP contribution in [0.2, 0.25) is 0 Å². The highest BCUT2D eigenvalue weighted by Gasteiger charge is 2.18. The topological polar surface area (TPSA) is 49.4 Å². The zero-order chi connectivity index (χ0) is 18.0. The third kappa shape index (κ3) is 3.72. The molecule has 0 radical (unpaired) electrons. The summed E-state index contributed by atoms with van der Waals surface area (Å²) < 4.78 is 0. The Morgan fingerprint density at radius 3 is 2.52 bits per heavy atom. The number of likely N-dealkylation sites (N-methyl/N-ethyl adjacent to an activating group) is 1. The van der Waals surface area contributed by atoms with Gasteiger partial charge >= 0.3 is 0 Å². The number of rotatable bonds is 4. The van der Waals surface area contributed by atoms with Gasteiger partial charge in [-0.3, -0.25) is 9.59 Å². The Bertz CT molecular complexity index is 941. The van der Waals surface area contributed by atoms with Gasteiger partial charge in [0, 0.05) is 27.9 Å². The van der Waals surface area contributed by atoms with Crippen LogP contribution in [0.3, 0.4) is 0 Å². The summed E-state index contributed by atoms with van der Waals surface area (Å²) >= 11 is 1.59. The Kier molecular flexibility index (Phi) is 4.86. The molecule has 25 heavy (non-hydrogen) atoms. The van der Waals surface area contributed by atoms with Crippen LogP contribution in [0.5, 0.6) is 0 Å². The molecular weight excluding hydrogens is 332 g/mol. The second-order valence-electron chi connectivity index (χ2n) is 6.06. The Balaban J connectivity index is 1.71. The molecule has 1 heterocycles. The lowest BCUT2D eigenvalue weighted by Crippen LogP contribution is -2.35. The van der Waals surface area contributed by atoms with E-state index < -0.39 is 0 Å². The Morgan fingerprint density at radius 2 is 1.80 bits per heavy atom. The van der Waals surface area contributed by atoms with Crippen molar-refractivity contribution in [3.8, 4) is 0 Å². The normalized spacial score (nSPS) is 10.7. The first-order valence-electron chi connectivity index (χ1n) is 8.06. The molecule has 1 aromatic heterocycles. The van der Waals surface area contributed by atoms with E-state index in [1.165, 1.54) is 4.90 Å². The molecular formula is C20H20N2O2S. The van der Waals surface area contributed by atoms with E-state index in [2.05, 4.69) is 5.32 Å². The molecule has 4 nitrogen and oxygen atoms in total. The molecule has 0 spiro atoms. The summed E-state index contributed by atoms with van der Waals surface area (Å²) in [5.41, 5.74) is 1.43. The van der Waals surface area contributed by atoms with Gasteiger partial charge in [-0.1, -0.05) is 36.4 Å². The predicted octanol–water partition coefficient (Wildman–Crippen LogP) is 4.23. The van der Waals surface area contributed by atoms with E-state index in [1.807, 2.05) is 62.4 Å². The summed E-state index contributed by atoms with van der Waals surface area (Å²) in [6.45, 7) is 3.91. The zero-order valence-electron chi connectivity index (χ0n) is 14.5. The van der Waals surface area contributed by atoms with Crippen molar-refractivity contribution >= 4 is 39.6 Å². The lowest BCUT2D eigenvalue weighted by molar-refractivity contribution is -0.116. The third-order valence-electron chi connectivity index (χ3n) is 4.06. The number of nitrogens with one attached hydrogen (secondary N) is 1. The van der Waals surface area contributed by atoms with Crippen LogP contribution in [0.4, 0.5) is 5.69 Å². The van der Waals surface area contributed by atoms with Crippen molar-refractivity contribution in [1.82, 2.24) is 4.90 Å². The Labute approximate surface area is 151 Å². The number of carbonyl (C=O) groups is 2. The maximum atomic E-state index is 12.5. The summed E-state index contributed by atoms with van der Waals surface area (Å²) in [5, 5.41) is 4.96. The molecule has 1 N–H and O–H groups in total. The van der Waals surface area contributed by atoms with Crippen LogP contribution >= 0.6 is 11.3 Å². The second-order valence-corrected chi connectivity index (χ2v) is 7.52. The number of hydrogen-bond acceptors (Lipinski definition) is 3. The minimum atomic E-state index is -0.211. The number of nitrogens with zero attached hydrogens (tertiary/aromatic N) is 1. The van der Waals surface area contributed by atoms with Crippen molar-refractivity contribution in [2.75, 3.05) is 18.9 Å². The van der Waals surface area contributed by atoms with E-state index in [-0.39, 0.29) is 18.4 Å². The highest BCUT2D eigenvalue weighted by Crippen LogP contribution is 2.23. The summed E-state index contributed by atoms with van der Waals surface area (Å²) in [7, 11) is 1.65. The molecule has 0 bridgehead atoms. The number of anilines is 1. The van der Waals surface area contributed by atoms with Gasteiger partial charge < -0.3 is 10.2 Å². The van der Waals surface area contributed by atoms with E-state index in [4.69, 9.17) is 0 Å². The van der Waals surface area contributed by atoms with Crippen LogP contribution in [0, 0.1) is 13.8 Å². The Hall–Kier alpha value is -2.66. The third-order valence-corrected chi connectivity index (χ3v) is 5.03. The molecule has 0 aliphatic heterocycles.